The number of allylic oxidation sites excluding steroid dienone is 2. The summed E-state index contributed by atoms with van der Waals surface area (Å²) in [5.41, 5.74) is 2.03. The molecule has 0 radical (unpaired) electrons. The number of carbonyl (C=O) groups is 4. The fourth-order valence-electron chi connectivity index (χ4n) is 5.80. The highest BCUT2D eigenvalue weighted by atomic mass is 16.5. The monoisotopic (exact) mass is 412 g/mol. The van der Waals surface area contributed by atoms with E-state index in [1.807, 2.05) is 6.08 Å². The number of amides is 4. The number of phenolic OH excluding ortho intramolecular Hbond substituents is 1. The molecular weight excluding hydrogens is 392 g/mol. The normalized spacial score (nSPS) is 35.4. The van der Waals surface area contributed by atoms with E-state index in [4.69, 9.17) is 0 Å². The number of aromatic hydroxyl groups is 1. The second-order valence-corrected chi connectivity index (χ2v) is 8.55. The van der Waals surface area contributed by atoms with Crippen LogP contribution in [0.15, 0.2) is 29.8 Å². The summed E-state index contributed by atoms with van der Waals surface area (Å²) in [5, 5.41) is 30.1. The van der Waals surface area contributed by atoms with Crippen molar-refractivity contribution >= 4 is 23.6 Å². The highest BCUT2D eigenvalue weighted by Gasteiger charge is 2.62. The number of hydroxylamine groups is 4. The number of fused-ring (bicyclic) bond motifs is 4. The number of aryl methyl sites for hydroxylation is 1. The van der Waals surface area contributed by atoms with Crippen LogP contribution < -0.4 is 0 Å². The van der Waals surface area contributed by atoms with E-state index < -0.39 is 59.1 Å². The van der Waals surface area contributed by atoms with E-state index in [0.29, 0.717) is 11.1 Å². The fraction of sp³-hybridized carbons (Fsp3) is 0.429. The summed E-state index contributed by atoms with van der Waals surface area (Å²) in [6, 6.07) is 4.90. The van der Waals surface area contributed by atoms with Crippen LogP contribution in [-0.4, -0.2) is 49.3 Å². The lowest BCUT2D eigenvalue weighted by molar-refractivity contribution is -0.174. The SMILES string of the molecule is Cc1cc(C2C3=CCC4C(=O)N(O)C(=O)C4C3CC3C(=O)N(O)C(=O)C32)ccc1O. The molecule has 30 heavy (non-hydrogen) atoms. The lowest BCUT2D eigenvalue weighted by Gasteiger charge is -2.43. The molecule has 9 heteroatoms. The van der Waals surface area contributed by atoms with E-state index in [1.54, 1.807) is 19.1 Å². The standard InChI is InChI=1S/C21H20N2O7/c1-8-6-9(2-5-14(8)24)15-10-3-4-11-16(20(27)22(29)18(11)25)12(10)7-13-17(15)21(28)23(30)19(13)26/h2-3,5-6,11-13,15-17,24,29-30H,4,7H2,1H3. The first-order valence-electron chi connectivity index (χ1n) is 9.85. The molecule has 2 aliphatic carbocycles. The minimum absolute atomic E-state index is 0.0884. The number of carbonyl (C=O) groups excluding carboxylic acids is 4. The molecule has 2 heterocycles. The number of benzene rings is 1. The molecule has 2 aliphatic heterocycles. The van der Waals surface area contributed by atoms with E-state index in [0.717, 1.165) is 5.57 Å². The lowest BCUT2D eigenvalue weighted by atomic mass is 9.57. The molecule has 6 atom stereocenters. The van der Waals surface area contributed by atoms with Crippen molar-refractivity contribution in [3.63, 3.8) is 0 Å². The van der Waals surface area contributed by atoms with Gasteiger partial charge in [0, 0.05) is 5.92 Å². The van der Waals surface area contributed by atoms with Gasteiger partial charge in [0.2, 0.25) is 0 Å². The van der Waals surface area contributed by atoms with Gasteiger partial charge in [0.25, 0.3) is 23.6 Å². The average Bonchev–Trinajstić information content (AvgIpc) is 3.09. The molecule has 2 saturated heterocycles. The third-order valence-electron chi connectivity index (χ3n) is 7.18. The Morgan fingerprint density at radius 3 is 2.17 bits per heavy atom. The van der Waals surface area contributed by atoms with Gasteiger partial charge in [-0.2, -0.15) is 10.1 Å². The molecule has 156 valence electrons. The number of hydrogen-bond acceptors (Lipinski definition) is 7. The van der Waals surface area contributed by atoms with E-state index in [-0.39, 0.29) is 28.7 Å². The zero-order valence-corrected chi connectivity index (χ0v) is 16.1. The number of imide groups is 2. The summed E-state index contributed by atoms with van der Waals surface area (Å²) in [6.07, 6.45) is 2.21. The Kier molecular flexibility index (Phi) is 3.93. The van der Waals surface area contributed by atoms with Gasteiger partial charge in [-0.15, -0.1) is 0 Å². The highest BCUT2D eigenvalue weighted by Crippen LogP contribution is 2.57. The number of phenols is 1. The van der Waals surface area contributed by atoms with E-state index in [1.165, 1.54) is 6.07 Å². The van der Waals surface area contributed by atoms with Gasteiger partial charge in [-0.3, -0.25) is 29.6 Å². The van der Waals surface area contributed by atoms with E-state index in [2.05, 4.69) is 0 Å². The van der Waals surface area contributed by atoms with Crippen LogP contribution in [-0.2, 0) is 19.2 Å². The molecule has 9 nitrogen and oxygen atoms in total. The van der Waals surface area contributed by atoms with Crippen LogP contribution in [0.25, 0.3) is 0 Å². The lowest BCUT2D eigenvalue weighted by Crippen LogP contribution is -2.43. The largest absolute Gasteiger partial charge is 0.508 e. The number of hydrogen-bond donors (Lipinski definition) is 3. The molecule has 5 rings (SSSR count). The first-order valence-corrected chi connectivity index (χ1v) is 9.85. The molecule has 4 amide bonds. The molecule has 4 aliphatic rings. The second-order valence-electron chi connectivity index (χ2n) is 8.55. The zero-order chi connectivity index (χ0) is 21.5. The summed E-state index contributed by atoms with van der Waals surface area (Å²) in [6.45, 7) is 1.71. The summed E-state index contributed by atoms with van der Waals surface area (Å²) in [7, 11) is 0. The summed E-state index contributed by atoms with van der Waals surface area (Å²) in [4.78, 5) is 50.3. The smallest absolute Gasteiger partial charge is 0.258 e. The minimum atomic E-state index is -0.835. The van der Waals surface area contributed by atoms with Crippen molar-refractivity contribution in [1.29, 1.82) is 0 Å². The van der Waals surface area contributed by atoms with Gasteiger partial charge >= 0.3 is 0 Å². The average molecular weight is 412 g/mol. The van der Waals surface area contributed by atoms with Crippen LogP contribution >= 0.6 is 0 Å². The van der Waals surface area contributed by atoms with Gasteiger partial charge in [-0.25, -0.2) is 0 Å². The van der Waals surface area contributed by atoms with Gasteiger partial charge in [-0.05, 0) is 42.9 Å². The fourth-order valence-corrected chi connectivity index (χ4v) is 5.80. The predicted octanol–water partition coefficient (Wildman–Crippen LogP) is 1.12. The van der Waals surface area contributed by atoms with E-state index in [9.17, 15) is 34.7 Å². The van der Waals surface area contributed by atoms with Crippen LogP contribution in [0.1, 0.15) is 29.9 Å². The van der Waals surface area contributed by atoms with Crippen molar-refractivity contribution in [2.24, 2.45) is 29.6 Å². The molecule has 1 saturated carbocycles. The minimum Gasteiger partial charge on any atom is -0.508 e. The molecule has 6 unspecified atom stereocenters. The topological polar surface area (TPSA) is 135 Å². The zero-order valence-electron chi connectivity index (χ0n) is 16.1. The molecule has 0 spiro atoms. The van der Waals surface area contributed by atoms with Crippen molar-refractivity contribution < 1.29 is 34.7 Å². The van der Waals surface area contributed by atoms with Crippen molar-refractivity contribution in [3.8, 4) is 5.75 Å². The van der Waals surface area contributed by atoms with Crippen molar-refractivity contribution in [2.75, 3.05) is 0 Å². The van der Waals surface area contributed by atoms with Crippen molar-refractivity contribution in [1.82, 2.24) is 10.1 Å². The van der Waals surface area contributed by atoms with Gasteiger partial charge in [0.05, 0.1) is 23.7 Å². The van der Waals surface area contributed by atoms with Crippen LogP contribution in [0.2, 0.25) is 0 Å². The Labute approximate surface area is 171 Å². The third kappa shape index (κ3) is 2.30. The van der Waals surface area contributed by atoms with Crippen molar-refractivity contribution in [2.45, 2.75) is 25.7 Å². The molecule has 3 N–H and O–H groups in total. The van der Waals surface area contributed by atoms with Gasteiger partial charge in [0.15, 0.2) is 0 Å². The third-order valence-corrected chi connectivity index (χ3v) is 7.18. The Morgan fingerprint density at radius 1 is 0.867 bits per heavy atom. The molecule has 0 aromatic heterocycles. The summed E-state index contributed by atoms with van der Waals surface area (Å²) in [5.74, 6) is -6.95. The summed E-state index contributed by atoms with van der Waals surface area (Å²) >= 11 is 0. The van der Waals surface area contributed by atoms with E-state index >= 15 is 0 Å². The summed E-state index contributed by atoms with van der Waals surface area (Å²) < 4.78 is 0. The quantitative estimate of drug-likeness (QED) is 0.357. The number of rotatable bonds is 1. The van der Waals surface area contributed by atoms with Crippen LogP contribution in [0.5, 0.6) is 5.75 Å². The Morgan fingerprint density at radius 2 is 1.50 bits per heavy atom. The second kappa shape index (κ2) is 6.23. The molecule has 3 fully saturated rings. The molecule has 1 aromatic carbocycles. The molecule has 1 aromatic rings. The van der Waals surface area contributed by atoms with Gasteiger partial charge < -0.3 is 5.11 Å². The van der Waals surface area contributed by atoms with Crippen LogP contribution in [0, 0.1) is 36.5 Å². The Bertz CT molecular complexity index is 1050. The first-order chi connectivity index (χ1) is 14.2. The molecular formula is C21H20N2O7. The molecule has 0 bridgehead atoms. The van der Waals surface area contributed by atoms with Crippen LogP contribution in [0.3, 0.4) is 0 Å². The van der Waals surface area contributed by atoms with Crippen LogP contribution in [0.4, 0.5) is 0 Å². The van der Waals surface area contributed by atoms with Gasteiger partial charge in [-0.1, -0.05) is 23.8 Å². The first kappa shape index (κ1) is 19.0. The predicted molar refractivity (Wildman–Crippen MR) is 97.6 cm³/mol. The Balaban J connectivity index is 1.67. The van der Waals surface area contributed by atoms with Gasteiger partial charge in [0.1, 0.15) is 5.75 Å². The Hall–Kier alpha value is -3.04. The highest BCUT2D eigenvalue weighted by molar-refractivity contribution is 6.06. The maximum atomic E-state index is 12.8. The number of nitrogens with zero attached hydrogens (tertiary/aromatic N) is 2. The maximum absolute atomic E-state index is 12.8. The maximum Gasteiger partial charge on any atom is 0.258 e. The van der Waals surface area contributed by atoms with Crippen molar-refractivity contribution in [3.05, 3.63) is 41.0 Å².